The summed E-state index contributed by atoms with van der Waals surface area (Å²) in [6.07, 6.45) is 3.00. The maximum Gasteiger partial charge on any atom is 0.164 e. The van der Waals surface area contributed by atoms with Gasteiger partial charge in [-0.2, -0.15) is 5.26 Å². The molecule has 1 aromatic carbocycles. The second-order valence-corrected chi connectivity index (χ2v) is 9.12. The smallest absolute Gasteiger partial charge is 0.164 e. The lowest BCUT2D eigenvalue weighted by molar-refractivity contribution is 0.308. The lowest BCUT2D eigenvalue weighted by Crippen LogP contribution is -2.41. The van der Waals surface area contributed by atoms with Crippen LogP contribution in [0.4, 0.5) is 20.3 Å². The van der Waals surface area contributed by atoms with Gasteiger partial charge in [0.25, 0.3) is 0 Å². The van der Waals surface area contributed by atoms with Crippen LogP contribution in [0.2, 0.25) is 0 Å². The van der Waals surface area contributed by atoms with Crippen LogP contribution in [0.15, 0.2) is 41.7 Å². The van der Waals surface area contributed by atoms with Gasteiger partial charge in [0.15, 0.2) is 22.6 Å². The minimum absolute atomic E-state index is 0.0832. The number of pyridine rings is 2. The van der Waals surface area contributed by atoms with E-state index >= 15 is 0 Å². The third kappa shape index (κ3) is 3.68. The minimum Gasteiger partial charge on any atom is -0.379 e. The largest absolute Gasteiger partial charge is 0.379 e. The number of thioether (sulfide) groups is 1. The van der Waals surface area contributed by atoms with Crippen LogP contribution in [0, 0.1) is 28.9 Å². The Morgan fingerprint density at radius 1 is 1.23 bits per heavy atom. The van der Waals surface area contributed by atoms with Crippen molar-refractivity contribution >= 4 is 39.3 Å². The monoisotopic (exact) mass is 438 g/mol. The molecule has 1 aliphatic heterocycles. The van der Waals surface area contributed by atoms with E-state index in [2.05, 4.69) is 20.3 Å². The van der Waals surface area contributed by atoms with Gasteiger partial charge >= 0.3 is 0 Å². The number of fused-ring (bicyclic) bond motifs is 1. The van der Waals surface area contributed by atoms with Gasteiger partial charge in [-0.3, -0.25) is 9.98 Å². The Balaban J connectivity index is 1.81. The highest BCUT2D eigenvalue weighted by molar-refractivity contribution is 8.14. The molecular weight excluding hydrogens is 418 g/mol. The fraction of sp³-hybridized carbons (Fsp3) is 0.273. The molecule has 9 heteroatoms. The van der Waals surface area contributed by atoms with Gasteiger partial charge in [-0.15, -0.1) is 0 Å². The van der Waals surface area contributed by atoms with Crippen LogP contribution in [0.3, 0.4) is 0 Å². The Labute approximate surface area is 182 Å². The Hall–Kier alpha value is -3.25. The molecule has 3 N–H and O–H groups in total. The normalized spacial score (nSPS) is 23.3. The average molecular weight is 439 g/mol. The van der Waals surface area contributed by atoms with E-state index in [9.17, 15) is 8.78 Å². The average Bonchev–Trinajstić information content (AvgIpc) is 2.74. The van der Waals surface area contributed by atoms with E-state index in [-0.39, 0.29) is 16.7 Å². The van der Waals surface area contributed by atoms with Crippen LogP contribution < -0.4 is 11.1 Å². The summed E-state index contributed by atoms with van der Waals surface area (Å²) in [5, 5.41) is 13.2. The number of nitriles is 1. The van der Waals surface area contributed by atoms with Crippen molar-refractivity contribution in [2.24, 2.45) is 16.6 Å². The lowest BCUT2D eigenvalue weighted by atomic mass is 9.78. The second-order valence-electron chi connectivity index (χ2n) is 7.72. The van der Waals surface area contributed by atoms with Crippen LogP contribution in [0.5, 0.6) is 0 Å². The summed E-state index contributed by atoms with van der Waals surface area (Å²) in [5.41, 5.74) is 6.32. The Morgan fingerprint density at radius 2 is 2.00 bits per heavy atom. The van der Waals surface area contributed by atoms with Crippen LogP contribution in [-0.4, -0.2) is 20.4 Å². The molecule has 6 nitrogen and oxygen atoms in total. The number of anilines is 2. The number of amidine groups is 1. The number of nitrogens with one attached hydrogen (secondary N) is 1. The van der Waals surface area contributed by atoms with Gasteiger partial charge in [0.05, 0.1) is 11.1 Å². The molecule has 4 rings (SSSR count). The van der Waals surface area contributed by atoms with Crippen molar-refractivity contribution in [3.63, 3.8) is 0 Å². The van der Waals surface area contributed by atoms with Crippen molar-refractivity contribution in [3.05, 3.63) is 59.4 Å². The number of halogens is 2. The SMILES string of the molecule is CC1SC(N)=N[C@](C)(c2cc(Nc3nccc4cc(C#N)cnc34)cc(F)c2F)[C@@H]1C. The summed E-state index contributed by atoms with van der Waals surface area (Å²) in [4.78, 5) is 13.1. The lowest BCUT2D eigenvalue weighted by Gasteiger charge is -2.40. The van der Waals surface area contributed by atoms with Gasteiger partial charge in [-0.05, 0) is 31.0 Å². The van der Waals surface area contributed by atoms with Gasteiger partial charge in [0.1, 0.15) is 11.6 Å². The number of benzene rings is 1. The summed E-state index contributed by atoms with van der Waals surface area (Å²) >= 11 is 1.42. The molecule has 3 aromatic rings. The minimum atomic E-state index is -1.02. The van der Waals surface area contributed by atoms with Gasteiger partial charge in [0.2, 0.25) is 0 Å². The number of nitrogens with two attached hydrogens (primary N) is 1. The highest BCUT2D eigenvalue weighted by Gasteiger charge is 2.42. The van der Waals surface area contributed by atoms with Gasteiger partial charge < -0.3 is 11.1 Å². The van der Waals surface area contributed by atoms with Crippen molar-refractivity contribution in [1.29, 1.82) is 5.26 Å². The summed E-state index contributed by atoms with van der Waals surface area (Å²) < 4.78 is 29.6. The van der Waals surface area contributed by atoms with Crippen LogP contribution in [0.25, 0.3) is 10.9 Å². The molecule has 1 aliphatic rings. The Morgan fingerprint density at radius 3 is 2.74 bits per heavy atom. The fourth-order valence-electron chi connectivity index (χ4n) is 3.79. The molecule has 0 saturated heterocycles. The first-order valence-electron chi connectivity index (χ1n) is 9.66. The van der Waals surface area contributed by atoms with E-state index in [4.69, 9.17) is 11.0 Å². The molecule has 0 radical (unpaired) electrons. The van der Waals surface area contributed by atoms with E-state index in [0.717, 1.165) is 6.07 Å². The van der Waals surface area contributed by atoms with Crippen molar-refractivity contribution in [2.75, 3.05) is 5.32 Å². The number of aromatic nitrogens is 2. The molecule has 0 saturated carbocycles. The zero-order valence-corrected chi connectivity index (χ0v) is 18.0. The first-order valence-corrected chi connectivity index (χ1v) is 10.5. The van der Waals surface area contributed by atoms with E-state index < -0.39 is 17.2 Å². The molecule has 2 aromatic heterocycles. The molecule has 0 aliphatic carbocycles. The fourth-order valence-corrected chi connectivity index (χ4v) is 4.88. The quantitative estimate of drug-likeness (QED) is 0.608. The van der Waals surface area contributed by atoms with E-state index in [0.29, 0.717) is 33.1 Å². The van der Waals surface area contributed by atoms with Crippen LogP contribution >= 0.6 is 11.8 Å². The van der Waals surface area contributed by atoms with Gasteiger partial charge in [0, 0.05) is 40.3 Å². The molecule has 31 heavy (non-hydrogen) atoms. The molecule has 3 heterocycles. The zero-order chi connectivity index (χ0) is 22.3. The number of hydrogen-bond acceptors (Lipinski definition) is 7. The number of hydrogen-bond donors (Lipinski definition) is 2. The summed E-state index contributed by atoms with van der Waals surface area (Å²) in [6, 6.07) is 8.07. The second kappa shape index (κ2) is 7.78. The highest BCUT2D eigenvalue weighted by Crippen LogP contribution is 2.45. The van der Waals surface area contributed by atoms with Crippen molar-refractivity contribution in [3.8, 4) is 6.07 Å². The first kappa shape index (κ1) is 21.0. The molecule has 0 spiro atoms. The summed E-state index contributed by atoms with van der Waals surface area (Å²) in [7, 11) is 0. The van der Waals surface area contributed by atoms with E-state index in [1.165, 1.54) is 18.0 Å². The van der Waals surface area contributed by atoms with Crippen molar-refractivity contribution in [2.45, 2.75) is 31.6 Å². The van der Waals surface area contributed by atoms with Crippen LogP contribution in [0.1, 0.15) is 31.9 Å². The summed E-state index contributed by atoms with van der Waals surface area (Å²) in [6.45, 7) is 5.71. The Bertz CT molecular complexity index is 1250. The predicted molar refractivity (Wildman–Crippen MR) is 119 cm³/mol. The molecule has 1 unspecified atom stereocenters. The molecule has 3 atom stereocenters. The topological polar surface area (TPSA) is 100.0 Å². The van der Waals surface area contributed by atoms with Gasteiger partial charge in [-0.25, -0.2) is 13.8 Å². The number of nitrogens with zero attached hydrogens (tertiary/aromatic N) is 4. The maximum atomic E-state index is 14.9. The van der Waals surface area contributed by atoms with Crippen molar-refractivity contribution < 1.29 is 8.78 Å². The Kier molecular flexibility index (Phi) is 5.27. The van der Waals surface area contributed by atoms with E-state index in [1.54, 1.807) is 31.3 Å². The highest BCUT2D eigenvalue weighted by atomic mass is 32.2. The zero-order valence-electron chi connectivity index (χ0n) is 17.1. The maximum absolute atomic E-state index is 14.9. The first-order chi connectivity index (χ1) is 14.7. The molecule has 0 fully saturated rings. The number of aliphatic imine (C=N–C) groups is 1. The van der Waals surface area contributed by atoms with Crippen LogP contribution in [-0.2, 0) is 5.54 Å². The molecule has 0 bridgehead atoms. The number of rotatable bonds is 3. The van der Waals surface area contributed by atoms with E-state index in [1.807, 2.05) is 19.9 Å². The molecular formula is C22H20F2N6S. The third-order valence-electron chi connectivity index (χ3n) is 5.80. The predicted octanol–water partition coefficient (Wildman–Crippen LogP) is 4.82. The molecule has 158 valence electrons. The molecule has 0 amide bonds. The standard InChI is InChI=1S/C22H20F2N6S/c1-11-12(2)31-21(26)30-22(11,3)16-7-15(8-17(23)18(16)24)29-20-19-14(4-5-27-20)6-13(9-25)10-28-19/h4-8,10-12H,1-3H3,(H2,26,30)(H,27,29)/t11-,12?,22+/m1/s1. The third-order valence-corrected chi connectivity index (χ3v) is 6.92. The summed E-state index contributed by atoms with van der Waals surface area (Å²) in [5.74, 6) is -1.66. The van der Waals surface area contributed by atoms with Crippen molar-refractivity contribution in [1.82, 2.24) is 9.97 Å². The van der Waals surface area contributed by atoms with Gasteiger partial charge in [-0.1, -0.05) is 25.6 Å².